The summed E-state index contributed by atoms with van der Waals surface area (Å²) in [6, 6.07) is 9.06. The highest BCUT2D eigenvalue weighted by atomic mass is 16.1. The second-order valence-electron chi connectivity index (χ2n) is 4.48. The van der Waals surface area contributed by atoms with Crippen molar-refractivity contribution < 1.29 is 4.79 Å². The van der Waals surface area contributed by atoms with Gasteiger partial charge in [0.05, 0.1) is 16.9 Å². The van der Waals surface area contributed by atoms with Gasteiger partial charge in [0.2, 0.25) is 0 Å². The van der Waals surface area contributed by atoms with E-state index in [1.54, 1.807) is 25.3 Å². The summed E-state index contributed by atoms with van der Waals surface area (Å²) in [4.78, 5) is 16.4. The Bertz CT molecular complexity index is 793. The Balaban J connectivity index is 1.90. The van der Waals surface area contributed by atoms with Crippen molar-refractivity contribution in [3.8, 4) is 0 Å². The van der Waals surface area contributed by atoms with Crippen LogP contribution in [-0.4, -0.2) is 21.1 Å². The number of rotatable bonds is 2. The van der Waals surface area contributed by atoms with Crippen molar-refractivity contribution >= 4 is 28.3 Å². The van der Waals surface area contributed by atoms with Crippen molar-refractivity contribution in [3.63, 3.8) is 0 Å². The highest BCUT2D eigenvalue weighted by Crippen LogP contribution is 2.20. The van der Waals surface area contributed by atoms with Crippen molar-refractivity contribution in [3.05, 3.63) is 47.8 Å². The smallest absolute Gasteiger partial charge is 0.256 e. The standard InChI is InChI=1S/C14H13N5O/c1-8-12(15)13(19-18-8)17-14(20)10-4-5-11-9(7-10)3-2-6-16-11/h2-7H,15H2,1H3,(H2,17,18,19,20). The van der Waals surface area contributed by atoms with Crippen molar-refractivity contribution in [1.82, 2.24) is 15.2 Å². The summed E-state index contributed by atoms with van der Waals surface area (Å²) in [6.07, 6.45) is 1.72. The first-order valence-electron chi connectivity index (χ1n) is 6.12. The van der Waals surface area contributed by atoms with Crippen LogP contribution in [0.4, 0.5) is 11.5 Å². The van der Waals surface area contributed by atoms with Crippen molar-refractivity contribution in [2.75, 3.05) is 11.1 Å². The number of aromatic amines is 1. The first-order valence-corrected chi connectivity index (χ1v) is 6.12. The van der Waals surface area contributed by atoms with Crippen LogP contribution in [0.5, 0.6) is 0 Å². The van der Waals surface area contributed by atoms with Crippen molar-refractivity contribution in [2.24, 2.45) is 0 Å². The molecule has 0 atom stereocenters. The maximum atomic E-state index is 12.2. The van der Waals surface area contributed by atoms with Crippen LogP contribution in [0.25, 0.3) is 10.9 Å². The number of anilines is 2. The highest BCUT2D eigenvalue weighted by molar-refractivity contribution is 6.06. The van der Waals surface area contributed by atoms with E-state index in [1.165, 1.54) is 0 Å². The second kappa shape index (κ2) is 4.65. The van der Waals surface area contributed by atoms with Gasteiger partial charge in [0, 0.05) is 17.1 Å². The summed E-state index contributed by atoms with van der Waals surface area (Å²) in [7, 11) is 0. The third kappa shape index (κ3) is 2.07. The molecule has 2 aromatic heterocycles. The van der Waals surface area contributed by atoms with E-state index in [4.69, 9.17) is 5.73 Å². The Labute approximate surface area is 115 Å². The number of nitrogens with two attached hydrogens (primary N) is 1. The lowest BCUT2D eigenvalue weighted by Crippen LogP contribution is -2.13. The monoisotopic (exact) mass is 267 g/mol. The quantitative estimate of drug-likeness (QED) is 0.662. The van der Waals surface area contributed by atoms with Crippen LogP contribution < -0.4 is 11.1 Å². The molecule has 0 bridgehead atoms. The Hall–Kier alpha value is -2.89. The van der Waals surface area contributed by atoms with E-state index >= 15 is 0 Å². The number of aryl methyl sites for hydroxylation is 1. The van der Waals surface area contributed by atoms with Gasteiger partial charge in [0.1, 0.15) is 0 Å². The molecule has 3 rings (SSSR count). The Morgan fingerprint density at radius 3 is 2.95 bits per heavy atom. The number of hydrogen-bond acceptors (Lipinski definition) is 4. The minimum atomic E-state index is -0.256. The molecule has 0 fully saturated rings. The van der Waals surface area contributed by atoms with Gasteiger partial charge in [-0.15, -0.1) is 0 Å². The van der Waals surface area contributed by atoms with E-state index in [2.05, 4.69) is 20.5 Å². The van der Waals surface area contributed by atoms with E-state index in [0.29, 0.717) is 17.1 Å². The molecule has 0 spiro atoms. The van der Waals surface area contributed by atoms with Gasteiger partial charge in [-0.25, -0.2) is 0 Å². The molecule has 0 saturated heterocycles. The molecule has 1 aromatic carbocycles. The predicted octanol–water partition coefficient (Wildman–Crippen LogP) is 2.10. The molecule has 1 amide bonds. The predicted molar refractivity (Wildman–Crippen MR) is 77.4 cm³/mol. The summed E-state index contributed by atoms with van der Waals surface area (Å²) in [5.74, 6) is 0.0905. The van der Waals surface area contributed by atoms with Crippen LogP contribution in [0.3, 0.4) is 0 Å². The van der Waals surface area contributed by atoms with Gasteiger partial charge in [-0.1, -0.05) is 6.07 Å². The summed E-state index contributed by atoms with van der Waals surface area (Å²) in [6.45, 7) is 1.79. The molecule has 0 aliphatic heterocycles. The molecule has 6 heteroatoms. The van der Waals surface area contributed by atoms with Crippen LogP contribution in [0.2, 0.25) is 0 Å². The van der Waals surface area contributed by atoms with Gasteiger partial charge in [-0.2, -0.15) is 5.10 Å². The first kappa shape index (κ1) is 12.2. The molecule has 20 heavy (non-hydrogen) atoms. The van der Waals surface area contributed by atoms with Crippen molar-refractivity contribution in [1.29, 1.82) is 0 Å². The van der Waals surface area contributed by atoms with Crippen LogP contribution >= 0.6 is 0 Å². The van der Waals surface area contributed by atoms with E-state index in [0.717, 1.165) is 16.6 Å². The maximum absolute atomic E-state index is 12.2. The molecule has 0 unspecified atom stereocenters. The van der Waals surface area contributed by atoms with Crippen LogP contribution in [0, 0.1) is 6.92 Å². The molecule has 0 aliphatic carbocycles. The van der Waals surface area contributed by atoms with Gasteiger partial charge < -0.3 is 11.1 Å². The van der Waals surface area contributed by atoms with Crippen molar-refractivity contribution in [2.45, 2.75) is 6.92 Å². The third-order valence-corrected chi connectivity index (χ3v) is 3.09. The Kier molecular flexibility index (Phi) is 2.83. The molecule has 0 saturated carbocycles. The third-order valence-electron chi connectivity index (χ3n) is 3.09. The molecule has 0 radical (unpaired) electrons. The number of H-pyrrole nitrogens is 1. The zero-order valence-corrected chi connectivity index (χ0v) is 10.8. The summed E-state index contributed by atoms with van der Waals surface area (Å²) >= 11 is 0. The normalized spacial score (nSPS) is 10.7. The van der Waals surface area contributed by atoms with E-state index in [1.807, 2.05) is 18.2 Å². The minimum Gasteiger partial charge on any atom is -0.394 e. The fraction of sp³-hybridized carbons (Fsp3) is 0.0714. The summed E-state index contributed by atoms with van der Waals surface area (Å²) in [5.41, 5.74) is 8.35. The molecule has 2 heterocycles. The molecule has 4 N–H and O–H groups in total. The fourth-order valence-electron chi connectivity index (χ4n) is 1.93. The van der Waals surface area contributed by atoms with Gasteiger partial charge in [-0.05, 0) is 31.2 Å². The number of hydrogen-bond donors (Lipinski definition) is 3. The lowest BCUT2D eigenvalue weighted by molar-refractivity contribution is 0.102. The highest BCUT2D eigenvalue weighted by Gasteiger charge is 2.12. The maximum Gasteiger partial charge on any atom is 0.256 e. The SMILES string of the molecule is Cc1[nH]nc(NC(=O)c2ccc3ncccc3c2)c1N. The zero-order valence-electron chi connectivity index (χ0n) is 10.8. The lowest BCUT2D eigenvalue weighted by Gasteiger charge is -2.04. The number of amides is 1. The van der Waals surface area contributed by atoms with E-state index in [-0.39, 0.29) is 5.91 Å². The number of carbonyl (C=O) groups excluding carboxylic acids is 1. The van der Waals surface area contributed by atoms with Gasteiger partial charge in [0.25, 0.3) is 5.91 Å². The number of nitrogens with one attached hydrogen (secondary N) is 2. The van der Waals surface area contributed by atoms with Crippen LogP contribution in [0.15, 0.2) is 36.5 Å². The average molecular weight is 267 g/mol. The summed E-state index contributed by atoms with van der Waals surface area (Å²) in [5, 5.41) is 10.3. The van der Waals surface area contributed by atoms with Gasteiger partial charge >= 0.3 is 0 Å². The largest absolute Gasteiger partial charge is 0.394 e. The van der Waals surface area contributed by atoms with Gasteiger partial charge in [-0.3, -0.25) is 14.9 Å². The first-order chi connectivity index (χ1) is 9.65. The number of fused-ring (bicyclic) bond motifs is 1. The average Bonchev–Trinajstić information content (AvgIpc) is 2.78. The zero-order chi connectivity index (χ0) is 14.1. The molecule has 6 nitrogen and oxygen atoms in total. The van der Waals surface area contributed by atoms with Gasteiger partial charge in [0.15, 0.2) is 5.82 Å². The van der Waals surface area contributed by atoms with Crippen LogP contribution in [0.1, 0.15) is 16.1 Å². The van der Waals surface area contributed by atoms with E-state index < -0.39 is 0 Å². The Morgan fingerprint density at radius 1 is 1.35 bits per heavy atom. The molecule has 3 aromatic rings. The molecule has 100 valence electrons. The van der Waals surface area contributed by atoms with Crippen LogP contribution in [-0.2, 0) is 0 Å². The number of benzene rings is 1. The van der Waals surface area contributed by atoms with E-state index in [9.17, 15) is 4.79 Å². The molecular formula is C14H13N5O. The number of carbonyl (C=O) groups is 1. The number of aromatic nitrogens is 3. The minimum absolute atomic E-state index is 0.256. The molecule has 0 aliphatic rings. The fourth-order valence-corrected chi connectivity index (χ4v) is 1.93. The second-order valence-corrected chi connectivity index (χ2v) is 4.48. The topological polar surface area (TPSA) is 96.7 Å². The Morgan fingerprint density at radius 2 is 2.20 bits per heavy atom. The number of nitrogens with zero attached hydrogens (tertiary/aromatic N) is 2. The number of pyridine rings is 1. The number of nitrogen functional groups attached to an aromatic ring is 1. The summed E-state index contributed by atoms with van der Waals surface area (Å²) < 4.78 is 0. The lowest BCUT2D eigenvalue weighted by atomic mass is 10.1. The molecular weight excluding hydrogens is 254 g/mol.